The molecule has 0 saturated carbocycles. The normalized spacial score (nSPS) is 11.6. The minimum atomic E-state index is -0.187. The fraction of sp³-hybridized carbons (Fsp3) is 0.444. The van der Waals surface area contributed by atoms with E-state index >= 15 is 0 Å². The number of halogens is 2. The lowest BCUT2D eigenvalue weighted by Crippen LogP contribution is -2.06. The molecule has 1 atom stereocenters. The molecule has 1 aromatic rings. The molecule has 1 heterocycles. The molecule has 0 saturated heterocycles. The fourth-order valence-corrected chi connectivity index (χ4v) is 2.03. The smallest absolute Gasteiger partial charge is 0.0791 e. The third-order valence-electron chi connectivity index (χ3n) is 1.43. The first-order valence-corrected chi connectivity index (χ1v) is 6.28. The third-order valence-corrected chi connectivity index (χ3v) is 2.77. The molecule has 0 bridgehead atoms. The highest BCUT2D eigenvalue weighted by Crippen LogP contribution is 2.32. The molecule has 0 aliphatic carbocycles. The summed E-state index contributed by atoms with van der Waals surface area (Å²) in [5.74, 6) is 0. The van der Waals surface area contributed by atoms with Crippen LogP contribution in [0.3, 0.4) is 0 Å². The van der Waals surface area contributed by atoms with Gasteiger partial charge in [-0.2, -0.15) is 0 Å². The summed E-state index contributed by atoms with van der Waals surface area (Å²) in [6.45, 7) is 4.00. The van der Waals surface area contributed by atoms with E-state index in [2.05, 4.69) is 4.98 Å². The molecule has 80 valence electrons. The highest BCUT2D eigenvalue weighted by Gasteiger charge is 2.12. The molecule has 2 N–H and O–H groups in total. The van der Waals surface area contributed by atoms with Crippen molar-refractivity contribution < 1.29 is 0 Å². The molecule has 14 heavy (non-hydrogen) atoms. The van der Waals surface area contributed by atoms with E-state index in [-0.39, 0.29) is 5.37 Å². The molecule has 0 spiro atoms. The number of aromatic nitrogens is 1. The zero-order chi connectivity index (χ0) is 11.1. The van der Waals surface area contributed by atoms with Crippen LogP contribution in [0.15, 0.2) is 12.4 Å². The Hall–Kier alpha value is 0.0400. The first-order chi connectivity index (χ1) is 6.66. The zero-order valence-corrected chi connectivity index (χ0v) is 10.7. The summed E-state index contributed by atoms with van der Waals surface area (Å²) < 4.78 is 0. The first kappa shape index (κ1) is 14.0. The largest absolute Gasteiger partial charge is 0.316 e. The lowest BCUT2D eigenvalue weighted by Gasteiger charge is -2.11. The van der Waals surface area contributed by atoms with Gasteiger partial charge in [0, 0.05) is 18.0 Å². The van der Waals surface area contributed by atoms with Crippen molar-refractivity contribution in [3.05, 3.63) is 28.0 Å². The zero-order valence-electron chi connectivity index (χ0n) is 8.42. The highest BCUT2D eigenvalue weighted by atomic mass is 35.5. The molecule has 1 rings (SSSR count). The van der Waals surface area contributed by atoms with Gasteiger partial charge in [-0.1, -0.05) is 37.0 Å². The Kier molecular flexibility index (Phi) is 7.37. The molecule has 2 nitrogen and oxygen atoms in total. The molecule has 0 radical (unpaired) electrons. The maximum absolute atomic E-state index is 5.86. The van der Waals surface area contributed by atoms with Crippen LogP contribution in [0.5, 0.6) is 0 Å². The van der Waals surface area contributed by atoms with Gasteiger partial charge in [0.25, 0.3) is 0 Å². The van der Waals surface area contributed by atoms with Crippen LogP contribution >= 0.6 is 35.0 Å². The van der Waals surface area contributed by atoms with Gasteiger partial charge in [-0.25, -0.2) is 0 Å². The second-order valence-corrected chi connectivity index (χ2v) is 3.97. The van der Waals surface area contributed by atoms with Crippen LogP contribution in [0.4, 0.5) is 0 Å². The van der Waals surface area contributed by atoms with Gasteiger partial charge in [0.15, 0.2) is 0 Å². The van der Waals surface area contributed by atoms with Gasteiger partial charge in [-0.05, 0) is 6.26 Å². The summed E-state index contributed by atoms with van der Waals surface area (Å²) in [7, 11) is 0. The second-order valence-electron chi connectivity index (χ2n) is 2.17. The van der Waals surface area contributed by atoms with Gasteiger partial charge in [0.2, 0.25) is 0 Å². The van der Waals surface area contributed by atoms with E-state index in [1.807, 2.05) is 20.1 Å². The Balaban J connectivity index is 0.000000791. The summed E-state index contributed by atoms with van der Waals surface area (Å²) in [6.07, 6.45) is 4.98. The third kappa shape index (κ3) is 3.65. The van der Waals surface area contributed by atoms with E-state index in [0.29, 0.717) is 10.0 Å². The maximum Gasteiger partial charge on any atom is 0.0791 e. The lowest BCUT2D eigenvalue weighted by molar-refractivity contribution is 1.03. The average Bonchev–Trinajstić information content (AvgIpc) is 2.20. The molecule has 0 aliphatic heterocycles. The van der Waals surface area contributed by atoms with Crippen LogP contribution in [-0.4, -0.2) is 11.2 Å². The van der Waals surface area contributed by atoms with Crippen LogP contribution in [0, 0.1) is 0 Å². The minimum absolute atomic E-state index is 0.187. The summed E-state index contributed by atoms with van der Waals surface area (Å²) in [6, 6.07) is 0. The number of thioether (sulfide) groups is 1. The van der Waals surface area contributed by atoms with Crippen molar-refractivity contribution in [2.75, 3.05) is 6.26 Å². The predicted octanol–water partition coefficient (Wildman–Crippen LogP) is 3.73. The number of nitrogens with two attached hydrogens (primary N) is 1. The topological polar surface area (TPSA) is 38.9 Å². The lowest BCUT2D eigenvalue weighted by atomic mass is 10.3. The average molecular weight is 253 g/mol. The summed E-state index contributed by atoms with van der Waals surface area (Å²) in [5, 5.41) is 0.849. The number of hydrogen-bond donors (Lipinski definition) is 1. The van der Waals surface area contributed by atoms with Crippen molar-refractivity contribution in [1.29, 1.82) is 0 Å². The van der Waals surface area contributed by atoms with Crippen LogP contribution in [0.2, 0.25) is 10.0 Å². The Morgan fingerprint density at radius 2 is 1.71 bits per heavy atom. The Labute approximate surface area is 99.2 Å². The quantitative estimate of drug-likeness (QED) is 0.816. The number of pyridine rings is 1. The van der Waals surface area contributed by atoms with Crippen LogP contribution in [0.25, 0.3) is 0 Å². The summed E-state index contributed by atoms with van der Waals surface area (Å²) in [5.41, 5.74) is 6.51. The van der Waals surface area contributed by atoms with Gasteiger partial charge in [-0.3, -0.25) is 4.98 Å². The molecule has 0 aromatic carbocycles. The Morgan fingerprint density at radius 1 is 1.29 bits per heavy atom. The van der Waals surface area contributed by atoms with Crippen molar-refractivity contribution in [2.45, 2.75) is 19.2 Å². The standard InChI is InChI=1S/C7H8Cl2N2S.C2H6/c1-12-7(10)6-4(8)2-11-3-5(6)9;1-2/h2-3,7H,10H2,1H3;1-2H3. The number of hydrogen-bond acceptors (Lipinski definition) is 3. The van der Waals surface area contributed by atoms with Crippen molar-refractivity contribution in [1.82, 2.24) is 4.98 Å². The number of rotatable bonds is 2. The van der Waals surface area contributed by atoms with Gasteiger partial charge >= 0.3 is 0 Å². The second kappa shape index (κ2) is 7.35. The monoisotopic (exact) mass is 252 g/mol. The van der Waals surface area contributed by atoms with E-state index in [1.54, 1.807) is 12.4 Å². The molecular weight excluding hydrogens is 239 g/mol. The van der Waals surface area contributed by atoms with Gasteiger partial charge in [-0.15, -0.1) is 11.8 Å². The van der Waals surface area contributed by atoms with Crippen LogP contribution < -0.4 is 5.73 Å². The van der Waals surface area contributed by atoms with Gasteiger partial charge < -0.3 is 5.73 Å². The SMILES string of the molecule is CC.CSC(N)c1c(Cl)cncc1Cl. The Morgan fingerprint density at radius 3 is 2.07 bits per heavy atom. The van der Waals surface area contributed by atoms with Crippen molar-refractivity contribution >= 4 is 35.0 Å². The first-order valence-electron chi connectivity index (χ1n) is 4.24. The van der Waals surface area contributed by atoms with E-state index in [1.165, 1.54) is 11.8 Å². The summed E-state index contributed by atoms with van der Waals surface area (Å²) >= 11 is 13.2. The van der Waals surface area contributed by atoms with E-state index in [9.17, 15) is 0 Å². The van der Waals surface area contributed by atoms with E-state index < -0.39 is 0 Å². The van der Waals surface area contributed by atoms with Gasteiger partial charge in [0.05, 0.1) is 15.4 Å². The molecule has 0 fully saturated rings. The summed E-state index contributed by atoms with van der Waals surface area (Å²) in [4.78, 5) is 3.83. The molecule has 5 heteroatoms. The molecular formula is C9H14Cl2N2S. The van der Waals surface area contributed by atoms with Crippen molar-refractivity contribution in [3.8, 4) is 0 Å². The van der Waals surface area contributed by atoms with Gasteiger partial charge in [0.1, 0.15) is 0 Å². The maximum atomic E-state index is 5.86. The van der Waals surface area contributed by atoms with Crippen LogP contribution in [0.1, 0.15) is 24.8 Å². The fourth-order valence-electron chi connectivity index (χ4n) is 0.811. The van der Waals surface area contributed by atoms with Crippen molar-refractivity contribution in [2.24, 2.45) is 5.73 Å². The van der Waals surface area contributed by atoms with E-state index in [4.69, 9.17) is 28.9 Å². The molecule has 1 unspecified atom stereocenters. The van der Waals surface area contributed by atoms with Crippen molar-refractivity contribution in [3.63, 3.8) is 0 Å². The molecule has 0 amide bonds. The minimum Gasteiger partial charge on any atom is -0.316 e. The predicted molar refractivity (Wildman–Crippen MR) is 66.0 cm³/mol. The van der Waals surface area contributed by atoms with E-state index in [0.717, 1.165) is 5.56 Å². The Bertz CT molecular complexity index is 261. The van der Waals surface area contributed by atoms with Crippen LogP contribution in [-0.2, 0) is 0 Å². The molecule has 1 aromatic heterocycles. The number of nitrogens with zero attached hydrogens (tertiary/aromatic N) is 1. The molecule has 0 aliphatic rings. The highest BCUT2D eigenvalue weighted by molar-refractivity contribution is 7.98.